The number of benzene rings is 3. The molecule has 4 aromatic rings. The highest BCUT2D eigenvalue weighted by Gasteiger charge is 2.12. The fraction of sp³-hybridized carbons (Fsp3) is 0.222. The van der Waals surface area contributed by atoms with Crippen LogP contribution in [-0.4, -0.2) is 40.4 Å². The molecule has 0 atom stereocenters. The molecule has 5 heteroatoms. The van der Waals surface area contributed by atoms with Gasteiger partial charge in [0.2, 0.25) is 0 Å². The van der Waals surface area contributed by atoms with Crippen molar-refractivity contribution in [1.82, 2.24) is 10.3 Å². The number of rotatable bonds is 6. The Morgan fingerprint density at radius 2 is 1.44 bits per heavy atom. The average Bonchev–Trinajstić information content (AvgIpc) is 2.84. The van der Waals surface area contributed by atoms with E-state index in [1.807, 2.05) is 62.8 Å². The standard InChI is InChI=1S/C25H23NO3.C2H7N/c1-27-23-10-9-17(14-25(23)29-3)13-22-20-16-21(18-7-5-4-6-8-18)24(28-2)15-19(20)11-12-26-22;1-3-2/h4-12,14-16H,13H2,1-3H3;3H,1-2H3. The van der Waals surface area contributed by atoms with E-state index in [4.69, 9.17) is 14.2 Å². The van der Waals surface area contributed by atoms with Crippen molar-refractivity contribution in [3.8, 4) is 28.4 Å². The average molecular weight is 431 g/mol. The maximum absolute atomic E-state index is 5.67. The first-order chi connectivity index (χ1) is 15.6. The Balaban J connectivity index is 0.000000913. The van der Waals surface area contributed by atoms with Crippen molar-refractivity contribution in [1.29, 1.82) is 0 Å². The lowest BCUT2D eigenvalue weighted by atomic mass is 9.97. The lowest BCUT2D eigenvalue weighted by Gasteiger charge is -2.14. The predicted octanol–water partition coefficient (Wildman–Crippen LogP) is 5.35. The van der Waals surface area contributed by atoms with Crippen molar-refractivity contribution < 1.29 is 14.2 Å². The monoisotopic (exact) mass is 430 g/mol. The van der Waals surface area contributed by atoms with Crippen molar-refractivity contribution in [2.45, 2.75) is 6.42 Å². The van der Waals surface area contributed by atoms with Crippen LogP contribution < -0.4 is 19.5 Å². The number of fused-ring (bicyclic) bond motifs is 1. The molecule has 4 rings (SSSR count). The second-order valence-electron chi connectivity index (χ2n) is 7.26. The predicted molar refractivity (Wildman–Crippen MR) is 131 cm³/mol. The molecule has 166 valence electrons. The molecule has 32 heavy (non-hydrogen) atoms. The summed E-state index contributed by atoms with van der Waals surface area (Å²) in [7, 11) is 8.75. The molecule has 0 unspecified atom stereocenters. The Bertz CT molecular complexity index is 1160. The normalized spacial score (nSPS) is 10.3. The number of ether oxygens (including phenoxy) is 3. The SMILES string of the molecule is CNC.COc1ccc(Cc2nccc3cc(OC)c(-c4ccccc4)cc23)cc1OC. The van der Waals surface area contributed by atoms with Gasteiger partial charge in [0.15, 0.2) is 11.5 Å². The number of nitrogens with zero attached hydrogens (tertiary/aromatic N) is 1. The second kappa shape index (κ2) is 11.2. The van der Waals surface area contributed by atoms with E-state index in [9.17, 15) is 0 Å². The Morgan fingerprint density at radius 1 is 0.750 bits per heavy atom. The van der Waals surface area contributed by atoms with Gasteiger partial charge in [-0.1, -0.05) is 36.4 Å². The van der Waals surface area contributed by atoms with E-state index in [1.54, 1.807) is 21.3 Å². The molecule has 0 aliphatic carbocycles. The molecular weight excluding hydrogens is 400 g/mol. The Morgan fingerprint density at radius 3 is 2.09 bits per heavy atom. The van der Waals surface area contributed by atoms with Crippen LogP contribution >= 0.6 is 0 Å². The minimum atomic E-state index is 0.693. The lowest BCUT2D eigenvalue weighted by molar-refractivity contribution is 0.354. The second-order valence-corrected chi connectivity index (χ2v) is 7.26. The first kappa shape index (κ1) is 23.1. The van der Waals surface area contributed by atoms with Crippen molar-refractivity contribution in [2.24, 2.45) is 0 Å². The summed E-state index contributed by atoms with van der Waals surface area (Å²) in [4.78, 5) is 4.68. The zero-order valence-corrected chi connectivity index (χ0v) is 19.3. The van der Waals surface area contributed by atoms with Gasteiger partial charge in [0.05, 0.1) is 27.0 Å². The summed E-state index contributed by atoms with van der Waals surface area (Å²) >= 11 is 0. The van der Waals surface area contributed by atoms with E-state index in [2.05, 4.69) is 34.6 Å². The smallest absolute Gasteiger partial charge is 0.160 e. The number of aromatic nitrogens is 1. The summed E-state index contributed by atoms with van der Waals surface area (Å²) in [6, 6.07) is 22.5. The third-order valence-electron chi connectivity index (χ3n) is 5.07. The van der Waals surface area contributed by atoms with Crippen LogP contribution in [0.5, 0.6) is 17.2 Å². The molecule has 0 bridgehead atoms. The number of methoxy groups -OCH3 is 3. The minimum Gasteiger partial charge on any atom is -0.496 e. The summed E-state index contributed by atoms with van der Waals surface area (Å²) in [5, 5.41) is 4.97. The van der Waals surface area contributed by atoms with Crippen LogP contribution in [0.25, 0.3) is 21.9 Å². The fourth-order valence-electron chi connectivity index (χ4n) is 3.60. The van der Waals surface area contributed by atoms with Crippen molar-refractivity contribution in [3.05, 3.63) is 84.2 Å². The fourth-order valence-corrected chi connectivity index (χ4v) is 3.60. The molecule has 1 N–H and O–H groups in total. The van der Waals surface area contributed by atoms with Gasteiger partial charge in [-0.05, 0) is 60.9 Å². The van der Waals surface area contributed by atoms with E-state index < -0.39 is 0 Å². The first-order valence-corrected chi connectivity index (χ1v) is 10.5. The highest BCUT2D eigenvalue weighted by Crippen LogP contribution is 2.36. The Labute approximate surface area is 190 Å². The van der Waals surface area contributed by atoms with Gasteiger partial charge in [-0.25, -0.2) is 0 Å². The molecule has 0 amide bonds. The minimum absolute atomic E-state index is 0.693. The Hall–Kier alpha value is -3.57. The van der Waals surface area contributed by atoms with Gasteiger partial charge < -0.3 is 19.5 Å². The van der Waals surface area contributed by atoms with Crippen LogP contribution in [0.3, 0.4) is 0 Å². The molecule has 1 heterocycles. The summed E-state index contributed by atoms with van der Waals surface area (Å²) in [6.07, 6.45) is 2.54. The van der Waals surface area contributed by atoms with E-state index in [-0.39, 0.29) is 0 Å². The quantitative estimate of drug-likeness (QED) is 0.447. The maximum Gasteiger partial charge on any atom is 0.160 e. The maximum atomic E-state index is 5.67. The summed E-state index contributed by atoms with van der Waals surface area (Å²) < 4.78 is 16.5. The summed E-state index contributed by atoms with van der Waals surface area (Å²) in [6.45, 7) is 0. The Kier molecular flexibility index (Phi) is 8.06. The largest absolute Gasteiger partial charge is 0.496 e. The van der Waals surface area contributed by atoms with Gasteiger partial charge in [0.1, 0.15) is 5.75 Å². The molecule has 5 nitrogen and oxygen atoms in total. The van der Waals surface area contributed by atoms with Gasteiger partial charge in [-0.15, -0.1) is 0 Å². The van der Waals surface area contributed by atoms with Crippen molar-refractivity contribution in [3.63, 3.8) is 0 Å². The highest BCUT2D eigenvalue weighted by atomic mass is 16.5. The molecule has 1 aromatic heterocycles. The number of hydrogen-bond donors (Lipinski definition) is 1. The third kappa shape index (κ3) is 5.18. The van der Waals surface area contributed by atoms with Gasteiger partial charge in [-0.3, -0.25) is 4.98 Å². The highest BCUT2D eigenvalue weighted by molar-refractivity contribution is 5.92. The molecule has 0 radical (unpaired) electrons. The summed E-state index contributed by atoms with van der Waals surface area (Å²) in [5.74, 6) is 2.29. The topological polar surface area (TPSA) is 52.6 Å². The first-order valence-electron chi connectivity index (χ1n) is 10.5. The van der Waals surface area contributed by atoms with E-state index in [0.717, 1.165) is 50.4 Å². The van der Waals surface area contributed by atoms with E-state index >= 15 is 0 Å². The van der Waals surface area contributed by atoms with Crippen molar-refractivity contribution in [2.75, 3.05) is 35.4 Å². The van der Waals surface area contributed by atoms with Gasteiger partial charge in [0.25, 0.3) is 0 Å². The third-order valence-corrected chi connectivity index (χ3v) is 5.07. The molecule has 0 saturated carbocycles. The van der Waals surface area contributed by atoms with Gasteiger partial charge in [-0.2, -0.15) is 0 Å². The molecule has 0 spiro atoms. The van der Waals surface area contributed by atoms with Gasteiger partial charge >= 0.3 is 0 Å². The molecule has 3 aromatic carbocycles. The molecule has 0 saturated heterocycles. The van der Waals surface area contributed by atoms with Gasteiger partial charge in [0, 0.05) is 23.6 Å². The zero-order chi connectivity index (χ0) is 22.9. The molecular formula is C27H30N2O3. The van der Waals surface area contributed by atoms with Crippen molar-refractivity contribution >= 4 is 10.8 Å². The zero-order valence-electron chi connectivity index (χ0n) is 19.3. The molecule has 0 fully saturated rings. The van der Waals surface area contributed by atoms with Crippen LogP contribution in [0.2, 0.25) is 0 Å². The van der Waals surface area contributed by atoms with Crippen LogP contribution in [0, 0.1) is 0 Å². The van der Waals surface area contributed by atoms with Crippen LogP contribution in [-0.2, 0) is 6.42 Å². The van der Waals surface area contributed by atoms with E-state index in [1.165, 1.54) is 0 Å². The van der Waals surface area contributed by atoms with Crippen LogP contribution in [0.1, 0.15) is 11.3 Å². The van der Waals surface area contributed by atoms with Crippen LogP contribution in [0.15, 0.2) is 72.9 Å². The lowest BCUT2D eigenvalue weighted by Crippen LogP contribution is -1.97. The number of pyridine rings is 1. The molecule has 0 aliphatic rings. The number of hydrogen-bond acceptors (Lipinski definition) is 5. The summed E-state index contributed by atoms with van der Waals surface area (Å²) in [5.41, 5.74) is 4.30. The van der Waals surface area contributed by atoms with Crippen LogP contribution in [0.4, 0.5) is 0 Å². The van der Waals surface area contributed by atoms with E-state index in [0.29, 0.717) is 6.42 Å². The number of nitrogens with one attached hydrogen (secondary N) is 1. The molecule has 0 aliphatic heterocycles.